The molecule has 0 radical (unpaired) electrons. The summed E-state index contributed by atoms with van der Waals surface area (Å²) in [6.07, 6.45) is 3.04. The third-order valence-electron chi connectivity index (χ3n) is 4.15. The zero-order valence-electron chi connectivity index (χ0n) is 12.5. The van der Waals surface area contributed by atoms with Crippen LogP contribution in [-0.4, -0.2) is 48.8 Å². The fourth-order valence-corrected chi connectivity index (χ4v) is 3.03. The van der Waals surface area contributed by atoms with Gasteiger partial charge in [0.2, 0.25) is 0 Å². The van der Waals surface area contributed by atoms with E-state index < -0.39 is 4.92 Å². The van der Waals surface area contributed by atoms with Crippen LogP contribution in [0.4, 0.5) is 11.4 Å². The summed E-state index contributed by atoms with van der Waals surface area (Å²) in [5, 5.41) is 10.8. The van der Waals surface area contributed by atoms with Crippen molar-refractivity contribution in [3.8, 4) is 0 Å². The molecule has 1 saturated heterocycles. The monoisotopic (exact) mass is 291 g/mol. The zero-order chi connectivity index (χ0) is 15.4. The van der Waals surface area contributed by atoms with E-state index in [0.717, 1.165) is 31.7 Å². The summed E-state index contributed by atoms with van der Waals surface area (Å²) in [5.74, 6) is 0. The van der Waals surface area contributed by atoms with E-state index in [-0.39, 0.29) is 5.69 Å². The second-order valence-electron chi connectivity index (χ2n) is 5.42. The van der Waals surface area contributed by atoms with E-state index in [4.69, 9.17) is 0 Å². The Morgan fingerprint density at radius 1 is 1.52 bits per heavy atom. The maximum Gasteiger partial charge on any atom is 0.270 e. The number of carbonyl (C=O) groups is 1. The molecule has 0 amide bonds. The van der Waals surface area contributed by atoms with Gasteiger partial charge in [-0.15, -0.1) is 0 Å². The van der Waals surface area contributed by atoms with Crippen LogP contribution in [0.1, 0.15) is 30.1 Å². The summed E-state index contributed by atoms with van der Waals surface area (Å²) in [6.45, 7) is 5.13. The molecule has 1 fully saturated rings. The molecule has 1 unspecified atom stereocenters. The Morgan fingerprint density at radius 3 is 2.90 bits per heavy atom. The van der Waals surface area contributed by atoms with Gasteiger partial charge in [0.25, 0.3) is 5.69 Å². The van der Waals surface area contributed by atoms with Gasteiger partial charge in [-0.05, 0) is 32.0 Å². The molecule has 1 atom stereocenters. The third-order valence-corrected chi connectivity index (χ3v) is 4.15. The van der Waals surface area contributed by atoms with Crippen molar-refractivity contribution in [1.82, 2.24) is 4.90 Å². The van der Waals surface area contributed by atoms with Crippen molar-refractivity contribution >= 4 is 17.7 Å². The van der Waals surface area contributed by atoms with Gasteiger partial charge in [0.1, 0.15) is 0 Å². The van der Waals surface area contributed by atoms with E-state index >= 15 is 0 Å². The molecular weight excluding hydrogens is 270 g/mol. The SMILES string of the molecule is CCN1CCCC1CN(C)c1ccc([N+](=O)[O-])cc1C=O. The minimum Gasteiger partial charge on any atom is -0.372 e. The predicted molar refractivity (Wildman–Crippen MR) is 82.0 cm³/mol. The van der Waals surface area contributed by atoms with Crippen LogP contribution in [0.2, 0.25) is 0 Å². The van der Waals surface area contributed by atoms with E-state index in [9.17, 15) is 14.9 Å². The average molecular weight is 291 g/mol. The fraction of sp³-hybridized carbons (Fsp3) is 0.533. The van der Waals surface area contributed by atoms with Crippen LogP contribution in [0.5, 0.6) is 0 Å². The molecule has 0 aromatic heterocycles. The molecule has 1 aliphatic heterocycles. The summed E-state index contributed by atoms with van der Waals surface area (Å²) in [7, 11) is 1.93. The highest BCUT2D eigenvalue weighted by Crippen LogP contribution is 2.25. The molecule has 1 aromatic rings. The number of carbonyl (C=O) groups excluding carboxylic acids is 1. The average Bonchev–Trinajstić information content (AvgIpc) is 2.93. The maximum absolute atomic E-state index is 11.2. The van der Waals surface area contributed by atoms with E-state index in [1.807, 2.05) is 11.9 Å². The molecule has 21 heavy (non-hydrogen) atoms. The first kappa shape index (κ1) is 15.4. The quantitative estimate of drug-likeness (QED) is 0.457. The number of likely N-dealkylation sites (tertiary alicyclic amines) is 1. The van der Waals surface area contributed by atoms with Gasteiger partial charge in [0.15, 0.2) is 6.29 Å². The van der Waals surface area contributed by atoms with Crippen LogP contribution in [-0.2, 0) is 0 Å². The van der Waals surface area contributed by atoms with Gasteiger partial charge in [-0.1, -0.05) is 6.92 Å². The Labute approximate surface area is 124 Å². The number of likely N-dealkylation sites (N-methyl/N-ethyl adjacent to an activating group) is 2. The van der Waals surface area contributed by atoms with E-state index in [1.165, 1.54) is 18.6 Å². The van der Waals surface area contributed by atoms with Crippen molar-refractivity contribution < 1.29 is 9.72 Å². The number of nitrogens with zero attached hydrogens (tertiary/aromatic N) is 3. The first-order valence-electron chi connectivity index (χ1n) is 7.25. The third kappa shape index (κ3) is 3.39. The molecule has 6 heteroatoms. The van der Waals surface area contributed by atoms with Crippen molar-refractivity contribution in [2.75, 3.05) is 31.6 Å². The van der Waals surface area contributed by atoms with Gasteiger partial charge in [-0.25, -0.2) is 0 Å². The smallest absolute Gasteiger partial charge is 0.270 e. The number of non-ortho nitro benzene ring substituents is 1. The Balaban J connectivity index is 2.16. The van der Waals surface area contributed by atoms with Gasteiger partial charge in [0, 0.05) is 43.0 Å². The Morgan fingerprint density at radius 2 is 2.29 bits per heavy atom. The Hall–Kier alpha value is -1.95. The molecule has 0 spiro atoms. The number of rotatable bonds is 6. The molecule has 6 nitrogen and oxygen atoms in total. The van der Waals surface area contributed by atoms with Crippen molar-refractivity contribution in [1.29, 1.82) is 0 Å². The number of aldehydes is 1. The highest BCUT2D eigenvalue weighted by Gasteiger charge is 2.25. The van der Waals surface area contributed by atoms with Gasteiger partial charge in [-0.3, -0.25) is 19.8 Å². The largest absolute Gasteiger partial charge is 0.372 e. The standard InChI is InChI=1S/C15H21N3O3/c1-3-17-8-4-5-14(17)10-16(2)15-7-6-13(18(20)21)9-12(15)11-19/h6-7,9,11,14H,3-5,8,10H2,1-2H3. The second-order valence-corrected chi connectivity index (χ2v) is 5.42. The Bertz CT molecular complexity index is 533. The van der Waals surface area contributed by atoms with Crippen molar-refractivity contribution in [2.24, 2.45) is 0 Å². The molecule has 0 bridgehead atoms. The van der Waals surface area contributed by atoms with Crippen LogP contribution in [0.25, 0.3) is 0 Å². The van der Waals surface area contributed by atoms with Gasteiger partial charge in [0.05, 0.1) is 4.92 Å². The molecule has 0 saturated carbocycles. The summed E-state index contributed by atoms with van der Waals surface area (Å²) in [6, 6.07) is 4.93. The molecular formula is C15H21N3O3. The van der Waals surface area contributed by atoms with Gasteiger partial charge >= 0.3 is 0 Å². The summed E-state index contributed by atoms with van der Waals surface area (Å²) in [5.41, 5.74) is 1.07. The van der Waals surface area contributed by atoms with E-state index in [1.54, 1.807) is 6.07 Å². The highest BCUT2D eigenvalue weighted by atomic mass is 16.6. The van der Waals surface area contributed by atoms with Gasteiger partial charge < -0.3 is 4.90 Å². The number of anilines is 1. The topological polar surface area (TPSA) is 66.7 Å². The number of hydrogen-bond donors (Lipinski definition) is 0. The van der Waals surface area contributed by atoms with E-state index in [2.05, 4.69) is 11.8 Å². The van der Waals surface area contributed by atoms with E-state index in [0.29, 0.717) is 17.9 Å². The van der Waals surface area contributed by atoms with Crippen LogP contribution < -0.4 is 4.90 Å². The molecule has 0 aliphatic carbocycles. The molecule has 2 rings (SSSR count). The summed E-state index contributed by atoms with van der Waals surface area (Å²) in [4.78, 5) is 26.0. The molecule has 0 N–H and O–H groups in total. The summed E-state index contributed by atoms with van der Waals surface area (Å²) >= 11 is 0. The lowest BCUT2D eigenvalue weighted by Crippen LogP contribution is -2.39. The molecule has 1 heterocycles. The lowest BCUT2D eigenvalue weighted by Gasteiger charge is -2.29. The predicted octanol–water partition coefficient (Wildman–Crippen LogP) is 2.33. The fourth-order valence-electron chi connectivity index (χ4n) is 3.03. The number of benzene rings is 1. The molecule has 1 aliphatic rings. The van der Waals surface area contributed by atoms with Crippen LogP contribution in [0, 0.1) is 10.1 Å². The van der Waals surface area contributed by atoms with Crippen molar-refractivity contribution in [3.63, 3.8) is 0 Å². The first-order chi connectivity index (χ1) is 10.1. The second kappa shape index (κ2) is 6.67. The van der Waals surface area contributed by atoms with Crippen molar-refractivity contribution in [2.45, 2.75) is 25.8 Å². The van der Waals surface area contributed by atoms with Crippen LogP contribution in [0.15, 0.2) is 18.2 Å². The zero-order valence-corrected chi connectivity index (χ0v) is 12.5. The number of nitro groups is 1. The molecule has 114 valence electrons. The number of hydrogen-bond acceptors (Lipinski definition) is 5. The first-order valence-corrected chi connectivity index (χ1v) is 7.25. The van der Waals surface area contributed by atoms with Crippen LogP contribution >= 0.6 is 0 Å². The molecule has 1 aromatic carbocycles. The minimum atomic E-state index is -0.480. The lowest BCUT2D eigenvalue weighted by atomic mass is 10.1. The van der Waals surface area contributed by atoms with Crippen LogP contribution in [0.3, 0.4) is 0 Å². The lowest BCUT2D eigenvalue weighted by molar-refractivity contribution is -0.384. The minimum absolute atomic E-state index is 0.0506. The Kier molecular flexibility index (Phi) is 4.90. The highest BCUT2D eigenvalue weighted by molar-refractivity contribution is 5.85. The summed E-state index contributed by atoms with van der Waals surface area (Å²) < 4.78 is 0. The normalized spacial score (nSPS) is 18.7. The number of nitro benzene ring substituents is 1. The maximum atomic E-state index is 11.2. The van der Waals surface area contributed by atoms with Crippen molar-refractivity contribution in [3.05, 3.63) is 33.9 Å². The van der Waals surface area contributed by atoms with Gasteiger partial charge in [-0.2, -0.15) is 0 Å².